The minimum atomic E-state index is -0.665. The van der Waals surface area contributed by atoms with Crippen LogP contribution in [0.1, 0.15) is 45.1 Å². The number of ether oxygens (including phenoxy) is 1. The van der Waals surface area contributed by atoms with Gasteiger partial charge in [0.15, 0.2) is 11.6 Å². The van der Waals surface area contributed by atoms with E-state index in [4.69, 9.17) is 22.1 Å². The molecule has 0 saturated heterocycles. The van der Waals surface area contributed by atoms with Crippen LogP contribution < -0.4 is 25.6 Å². The Balaban J connectivity index is 1.63. The Bertz CT molecular complexity index is 999. The third-order valence-electron chi connectivity index (χ3n) is 5.91. The summed E-state index contributed by atoms with van der Waals surface area (Å²) in [4.78, 5) is 25.2. The predicted octanol–water partition coefficient (Wildman–Crippen LogP) is 4.32. The quantitative estimate of drug-likeness (QED) is 0.663. The summed E-state index contributed by atoms with van der Waals surface area (Å²) in [6.07, 6.45) is 5.52. The van der Waals surface area contributed by atoms with Crippen LogP contribution in [0.2, 0.25) is 5.02 Å². The second-order valence-electron chi connectivity index (χ2n) is 8.05. The number of carbonyl (C=O) groups is 1. The van der Waals surface area contributed by atoms with Crippen LogP contribution in [0.3, 0.4) is 0 Å². The van der Waals surface area contributed by atoms with E-state index in [9.17, 15) is 4.79 Å². The fraction of sp³-hybridized carbons (Fsp3) is 0.500. The summed E-state index contributed by atoms with van der Waals surface area (Å²) in [5, 5.41) is 3.50. The molecule has 10 heteroatoms. The van der Waals surface area contributed by atoms with Gasteiger partial charge in [-0.15, -0.1) is 0 Å². The highest BCUT2D eigenvalue weighted by Gasteiger charge is 2.35. The minimum absolute atomic E-state index is 0.00698. The monoisotopic (exact) mass is 462 g/mol. The summed E-state index contributed by atoms with van der Waals surface area (Å²) < 4.78 is 20.5. The number of anilines is 3. The number of amides is 2. The van der Waals surface area contributed by atoms with E-state index in [0.717, 1.165) is 25.7 Å². The molecular formula is C22H28ClFN6O2. The van der Waals surface area contributed by atoms with Gasteiger partial charge in [-0.3, -0.25) is 9.80 Å². The Labute approximate surface area is 191 Å². The molecule has 1 fully saturated rings. The summed E-state index contributed by atoms with van der Waals surface area (Å²) in [5.74, 6) is 0.390. The number of aromatic nitrogens is 2. The molecule has 3 N–H and O–H groups in total. The molecule has 172 valence electrons. The Morgan fingerprint density at radius 3 is 2.72 bits per heavy atom. The number of nitrogens with zero attached hydrogens (tertiary/aromatic N) is 4. The maximum absolute atomic E-state index is 15.2. The number of fused-ring (bicyclic) bond motifs is 1. The topological polar surface area (TPSA) is 96.6 Å². The van der Waals surface area contributed by atoms with Crippen molar-refractivity contribution in [3.63, 3.8) is 0 Å². The number of hydrogen-bond donors (Lipinski definition) is 2. The number of hydrogen-bond acceptors (Lipinski definition) is 6. The Morgan fingerprint density at radius 1 is 1.28 bits per heavy atom. The maximum Gasteiger partial charge on any atom is 0.330 e. The molecule has 1 aliphatic carbocycles. The molecule has 2 amide bonds. The van der Waals surface area contributed by atoms with Gasteiger partial charge < -0.3 is 15.8 Å². The molecule has 8 nitrogen and oxygen atoms in total. The van der Waals surface area contributed by atoms with E-state index in [1.807, 2.05) is 6.92 Å². The number of nitrogens with two attached hydrogens (primary N) is 1. The molecule has 0 spiro atoms. The van der Waals surface area contributed by atoms with Crippen molar-refractivity contribution in [2.24, 2.45) is 5.73 Å². The van der Waals surface area contributed by atoms with Crippen LogP contribution >= 0.6 is 11.6 Å². The lowest BCUT2D eigenvalue weighted by atomic mass is 9.92. The second-order valence-corrected chi connectivity index (χ2v) is 8.46. The molecule has 0 radical (unpaired) electrons. The first kappa shape index (κ1) is 22.5. The van der Waals surface area contributed by atoms with Crippen LogP contribution in [-0.4, -0.2) is 41.2 Å². The van der Waals surface area contributed by atoms with Gasteiger partial charge in [0, 0.05) is 30.4 Å². The third-order valence-corrected chi connectivity index (χ3v) is 6.22. The van der Waals surface area contributed by atoms with Gasteiger partial charge >= 0.3 is 6.03 Å². The smallest absolute Gasteiger partial charge is 0.330 e. The van der Waals surface area contributed by atoms with Crippen molar-refractivity contribution in [3.8, 4) is 5.75 Å². The lowest BCUT2D eigenvalue weighted by Gasteiger charge is -2.36. The van der Waals surface area contributed by atoms with Crippen molar-refractivity contribution in [3.05, 3.63) is 34.7 Å². The molecule has 2 aromatic rings. The van der Waals surface area contributed by atoms with Crippen LogP contribution in [-0.2, 0) is 6.54 Å². The summed E-state index contributed by atoms with van der Waals surface area (Å²) >= 11 is 6.30. The average molecular weight is 463 g/mol. The van der Waals surface area contributed by atoms with Crippen LogP contribution in [0, 0.1) is 5.82 Å². The first-order valence-electron chi connectivity index (χ1n) is 11.0. The van der Waals surface area contributed by atoms with Gasteiger partial charge in [0.1, 0.15) is 11.5 Å². The summed E-state index contributed by atoms with van der Waals surface area (Å²) in [7, 11) is 0. The van der Waals surface area contributed by atoms with E-state index in [1.165, 1.54) is 21.9 Å². The molecule has 0 bridgehead atoms. The fourth-order valence-electron chi connectivity index (χ4n) is 4.23. The van der Waals surface area contributed by atoms with Gasteiger partial charge in [-0.1, -0.05) is 11.6 Å². The van der Waals surface area contributed by atoms with E-state index in [1.54, 1.807) is 13.1 Å². The average Bonchev–Trinajstić information content (AvgIpc) is 2.78. The molecule has 0 unspecified atom stereocenters. The fourth-order valence-corrected chi connectivity index (χ4v) is 4.48. The highest BCUT2D eigenvalue weighted by Crippen LogP contribution is 2.39. The van der Waals surface area contributed by atoms with Gasteiger partial charge in [-0.25, -0.2) is 14.2 Å². The van der Waals surface area contributed by atoms with Crippen molar-refractivity contribution in [1.29, 1.82) is 0 Å². The first-order chi connectivity index (χ1) is 15.4. The van der Waals surface area contributed by atoms with Gasteiger partial charge in [-0.2, -0.15) is 4.98 Å². The van der Waals surface area contributed by atoms with Crippen molar-refractivity contribution in [2.75, 3.05) is 28.3 Å². The minimum Gasteiger partial charge on any atom is -0.491 e. The lowest BCUT2D eigenvalue weighted by Crippen LogP contribution is -2.48. The van der Waals surface area contributed by atoms with E-state index in [0.29, 0.717) is 30.5 Å². The van der Waals surface area contributed by atoms with Gasteiger partial charge in [-0.05, 0) is 51.7 Å². The van der Waals surface area contributed by atoms with Crippen LogP contribution in [0.15, 0.2) is 18.3 Å². The number of nitrogens with one attached hydrogen (secondary N) is 1. The standard InChI is InChI=1S/C22H28ClFN6O2/c1-3-29-20-13(11-26-21(28-20)27-15-7-5-14(25)6-8-15)12-30(22(29)31)19-16(23)9-10-17(18(19)24)32-4-2/h9-11,14-15H,3-8,12,25H2,1-2H3,(H,26,27,28). The van der Waals surface area contributed by atoms with E-state index in [-0.39, 0.29) is 35.1 Å². The zero-order valence-corrected chi connectivity index (χ0v) is 19.0. The Kier molecular flexibility index (Phi) is 6.66. The number of rotatable bonds is 6. The summed E-state index contributed by atoms with van der Waals surface area (Å²) in [5.41, 5.74) is 6.69. The zero-order chi connectivity index (χ0) is 22.8. The van der Waals surface area contributed by atoms with Crippen molar-refractivity contribution >= 4 is 35.1 Å². The molecule has 1 aliphatic heterocycles. The van der Waals surface area contributed by atoms with Crippen LogP contribution in [0.5, 0.6) is 5.75 Å². The molecule has 1 aromatic carbocycles. The van der Waals surface area contributed by atoms with Crippen LogP contribution in [0.25, 0.3) is 0 Å². The second kappa shape index (κ2) is 9.46. The molecule has 4 rings (SSSR count). The normalized spacial score (nSPS) is 20.8. The number of urea groups is 1. The van der Waals surface area contributed by atoms with Crippen molar-refractivity contribution in [1.82, 2.24) is 9.97 Å². The van der Waals surface area contributed by atoms with E-state index in [2.05, 4.69) is 15.3 Å². The molecule has 0 atom stereocenters. The van der Waals surface area contributed by atoms with E-state index >= 15 is 4.39 Å². The molecular weight excluding hydrogens is 435 g/mol. The predicted molar refractivity (Wildman–Crippen MR) is 123 cm³/mol. The first-order valence-corrected chi connectivity index (χ1v) is 11.4. The van der Waals surface area contributed by atoms with Gasteiger partial charge in [0.2, 0.25) is 5.95 Å². The molecule has 1 aromatic heterocycles. The highest BCUT2D eigenvalue weighted by molar-refractivity contribution is 6.34. The lowest BCUT2D eigenvalue weighted by molar-refractivity contribution is 0.249. The SMILES string of the molecule is CCOc1ccc(Cl)c(N2Cc3cnc(NC4CCC(N)CC4)nc3N(CC)C2=O)c1F. The van der Waals surface area contributed by atoms with Gasteiger partial charge in [0.05, 0.1) is 18.2 Å². The number of carbonyl (C=O) groups excluding carboxylic acids is 1. The number of benzene rings is 1. The van der Waals surface area contributed by atoms with Gasteiger partial charge in [0.25, 0.3) is 0 Å². The Morgan fingerprint density at radius 2 is 2.03 bits per heavy atom. The van der Waals surface area contributed by atoms with E-state index < -0.39 is 11.8 Å². The van der Waals surface area contributed by atoms with Crippen molar-refractivity contribution < 1.29 is 13.9 Å². The number of halogens is 2. The Hall–Kier alpha value is -2.65. The van der Waals surface area contributed by atoms with Crippen molar-refractivity contribution in [2.45, 2.75) is 58.2 Å². The largest absolute Gasteiger partial charge is 0.491 e. The van der Waals surface area contributed by atoms with Crippen LogP contribution in [0.4, 0.5) is 26.6 Å². The highest BCUT2D eigenvalue weighted by atomic mass is 35.5. The molecule has 2 heterocycles. The third kappa shape index (κ3) is 4.31. The summed E-state index contributed by atoms with van der Waals surface area (Å²) in [6, 6.07) is 3.11. The molecule has 2 aliphatic rings. The summed E-state index contributed by atoms with van der Waals surface area (Å²) in [6.45, 7) is 4.38. The molecule has 1 saturated carbocycles. The molecule has 32 heavy (non-hydrogen) atoms. The zero-order valence-electron chi connectivity index (χ0n) is 18.3. The maximum atomic E-state index is 15.2.